The lowest BCUT2D eigenvalue weighted by molar-refractivity contribution is -0.368. The first-order chi connectivity index (χ1) is 40.4. The Morgan fingerprint density at radius 3 is 0.250 bits per heavy atom. The minimum absolute atomic E-state index is 0.979. The van der Waals surface area contributed by atoms with E-state index in [1.165, 1.54) is 44.5 Å². The Kier molecular flexibility index (Phi) is 48.4. The quantitative estimate of drug-likeness (QED) is 0.0775. The van der Waals surface area contributed by atoms with Gasteiger partial charge in [-0.25, -0.2) is 35.3 Å². The van der Waals surface area contributed by atoms with Crippen molar-refractivity contribution in [1.82, 2.24) is 0 Å². The Balaban J connectivity index is -0.000000443. The highest BCUT2D eigenvalue weighted by molar-refractivity contribution is 6.27. The second kappa shape index (κ2) is 48.8. The Morgan fingerprint density at radius 1 is 0.170 bits per heavy atom. The van der Waals surface area contributed by atoms with Crippen molar-refractivity contribution < 1.29 is 92.8 Å². The number of aryl methyl sites for hydroxylation is 24. The lowest BCUT2D eigenvalue weighted by Gasteiger charge is -2.09. The topological polar surface area (TPSA) is 275 Å². The summed E-state index contributed by atoms with van der Waals surface area (Å²) in [6.07, 6.45) is 0. The van der Waals surface area contributed by atoms with Crippen molar-refractivity contribution in [3.8, 4) is 0 Å². The summed E-state index contributed by atoms with van der Waals surface area (Å²) >= 11 is 0. The summed E-state index contributed by atoms with van der Waals surface area (Å²) in [5, 5.41) is 66.4. The van der Waals surface area contributed by atoms with Crippen LogP contribution < -0.4 is 40.2 Å². The Bertz CT molecular complexity index is 2160. The molecule has 0 saturated carbocycles. The molecule has 0 atom stereocenters. The van der Waals surface area contributed by atoms with Crippen molar-refractivity contribution in [3.63, 3.8) is 0 Å². The van der Waals surface area contributed by atoms with Crippen LogP contribution in [0.5, 0.6) is 0 Å². The van der Waals surface area contributed by atoms with E-state index in [1.54, 1.807) is 0 Å². The van der Waals surface area contributed by atoms with Crippen LogP contribution in [0.4, 0.5) is 17.3 Å². The summed E-state index contributed by atoms with van der Waals surface area (Å²) in [7, 11) is -12.7. The van der Waals surface area contributed by atoms with Gasteiger partial charge in [0.25, 0.3) is 0 Å². The van der Waals surface area contributed by atoms with Crippen molar-refractivity contribution in [2.45, 2.75) is 166 Å². The highest BCUT2D eigenvalue weighted by Crippen LogP contribution is 2.12. The Morgan fingerprint density at radius 2 is 0.216 bits per heavy atom. The van der Waals surface area contributed by atoms with Gasteiger partial charge in [0.2, 0.25) is 0 Å². The highest BCUT2D eigenvalue weighted by Gasteiger charge is 2.09. The van der Waals surface area contributed by atoms with Crippen LogP contribution in [0.25, 0.3) is 0 Å². The molecule has 0 aliphatic heterocycles. The molecule has 0 saturated heterocycles. The van der Waals surface area contributed by atoms with Crippen LogP contribution in [0.15, 0.2) is 132 Å². The SMILES string of the molecule is Cc1cc(C)[o+]c(C)c1.Cc1cc(C)[o+]c(C)c1.Cc1cc(C)[o+]c(C)c1.Cc1cc(C)[o+]c(C)c1.Cc1cc(C)[o+]c(C)c1.Cc1cc(C)[o+]c(C)c1.Cc1cc(C)[o+]c(C)c1.Cc1cc(C)[o+]c(C)c1.[O-]B([O-])F.[O-]B([O-])F.[O-]B([O-])F.[O-]B([O-])F. The van der Waals surface area contributed by atoms with E-state index in [1.807, 2.05) is 208 Å². The molecule has 8 aromatic heterocycles. The van der Waals surface area contributed by atoms with E-state index in [0.717, 1.165) is 92.2 Å². The smallest absolute Gasteiger partial charge is 0.326 e. The van der Waals surface area contributed by atoms with Gasteiger partial charge in [-0.2, -0.15) is 0 Å². The highest BCUT2D eigenvalue weighted by atomic mass is 19.1. The van der Waals surface area contributed by atoms with E-state index in [2.05, 4.69) is 55.4 Å². The maximum atomic E-state index is 9.89. The van der Waals surface area contributed by atoms with Gasteiger partial charge >= 0.3 is 92.2 Å². The molecule has 8 aromatic rings. The third-order valence-electron chi connectivity index (χ3n) is 9.47. The molecule has 0 fully saturated rings. The first kappa shape index (κ1) is 87.3. The van der Waals surface area contributed by atoms with E-state index in [4.69, 9.17) is 75.5 Å². The third kappa shape index (κ3) is 60.5. The van der Waals surface area contributed by atoms with Crippen LogP contribution in [0.1, 0.15) is 137 Å². The molecule has 88 heavy (non-hydrogen) atoms. The molecule has 480 valence electrons. The van der Waals surface area contributed by atoms with Crippen LogP contribution in [0, 0.1) is 166 Å². The molecule has 24 heteroatoms. The van der Waals surface area contributed by atoms with Gasteiger partial charge in [0.15, 0.2) is 0 Å². The van der Waals surface area contributed by atoms with Crippen LogP contribution in [-0.4, -0.2) is 29.6 Å². The van der Waals surface area contributed by atoms with Crippen LogP contribution in [-0.2, 0) is 0 Å². The maximum Gasteiger partial charge on any atom is 0.326 e. The van der Waals surface area contributed by atoms with Crippen LogP contribution >= 0.6 is 0 Å². The first-order valence-corrected chi connectivity index (χ1v) is 27.3. The predicted octanol–water partition coefficient (Wildman–Crippen LogP) is 10.5. The van der Waals surface area contributed by atoms with E-state index in [0.29, 0.717) is 0 Å². The summed E-state index contributed by atoms with van der Waals surface area (Å²) in [5.41, 5.74) is 10.1. The second-order valence-electron chi connectivity index (χ2n) is 19.9. The molecule has 0 unspecified atom stereocenters. The molecular weight excluding hydrogens is 1140 g/mol. The van der Waals surface area contributed by atoms with Gasteiger partial charge < -0.3 is 57.5 Å². The molecule has 0 aromatic carbocycles. The van der Waals surface area contributed by atoms with Gasteiger partial charge in [0.1, 0.15) is 29.6 Å². The standard InChI is InChI=1S/8C8H11O.4BFO2/c8*1-6-4-7(2)9-8(3)5-6;4*2-1(3)4/h8*4-5H,1-3H3;;;;/q8*+1;4*-2. The van der Waals surface area contributed by atoms with Crippen LogP contribution in [0.2, 0.25) is 0 Å². The largest absolute Gasteiger partial charge is 0.867 e. The molecule has 0 radical (unpaired) electrons. The van der Waals surface area contributed by atoms with E-state index < -0.39 is 29.6 Å². The monoisotopic (exact) mass is 1230 g/mol. The maximum absolute atomic E-state index is 9.89. The third-order valence-corrected chi connectivity index (χ3v) is 9.47. The zero-order chi connectivity index (χ0) is 69.1. The van der Waals surface area contributed by atoms with E-state index >= 15 is 0 Å². The molecular formula is C64H88B4F4O16. The minimum atomic E-state index is -3.17. The summed E-state index contributed by atoms with van der Waals surface area (Å²) in [6.45, 7) is 47.9. The summed E-state index contributed by atoms with van der Waals surface area (Å²) in [5.74, 6) is 15.7. The van der Waals surface area contributed by atoms with Gasteiger partial charge in [-0.3, -0.25) is 0 Å². The average molecular weight is 1230 g/mol. The number of rotatable bonds is 0. The zero-order valence-electron chi connectivity index (χ0n) is 55.6. The Labute approximate surface area is 520 Å². The molecule has 0 spiro atoms. The van der Waals surface area contributed by atoms with Crippen molar-refractivity contribution in [1.29, 1.82) is 0 Å². The van der Waals surface area contributed by atoms with Crippen LogP contribution in [0.3, 0.4) is 0 Å². The summed E-state index contributed by atoms with van der Waals surface area (Å²) in [6, 6.07) is 32.3. The van der Waals surface area contributed by atoms with Gasteiger partial charge in [-0.05, 0) is 99.9 Å². The molecule has 0 amide bonds. The lowest BCUT2D eigenvalue weighted by Crippen LogP contribution is -2.39. The number of hydrogen-bond donors (Lipinski definition) is 0. The zero-order valence-corrected chi connectivity index (χ0v) is 55.6. The lowest BCUT2D eigenvalue weighted by atomic mass is 10.2. The van der Waals surface area contributed by atoms with E-state index in [9.17, 15) is 17.3 Å². The van der Waals surface area contributed by atoms with Gasteiger partial charge in [-0.15, -0.1) is 0 Å². The van der Waals surface area contributed by atoms with Crippen molar-refractivity contribution in [2.24, 2.45) is 0 Å². The molecule has 0 N–H and O–H groups in total. The fourth-order valence-electron chi connectivity index (χ4n) is 7.97. The molecule has 0 aliphatic carbocycles. The number of halogens is 4. The molecule has 8 rings (SSSR count). The normalized spacial score (nSPS) is 9.14. The number of hydrogen-bond acceptors (Lipinski definition) is 8. The first-order valence-electron chi connectivity index (χ1n) is 27.3. The fraction of sp³-hybridized carbons (Fsp3) is 0.375. The summed E-state index contributed by atoms with van der Waals surface area (Å²) < 4.78 is 81.6. The molecule has 0 aliphatic rings. The van der Waals surface area contributed by atoms with Gasteiger partial charge in [0.05, 0.1) is 111 Å². The second-order valence-corrected chi connectivity index (χ2v) is 19.9. The van der Waals surface area contributed by atoms with Gasteiger partial charge in [-0.1, -0.05) is 0 Å². The van der Waals surface area contributed by atoms with Crippen molar-refractivity contribution >= 4 is 29.6 Å². The fourth-order valence-corrected chi connectivity index (χ4v) is 7.97. The summed E-state index contributed by atoms with van der Waals surface area (Å²) in [4.78, 5) is 0. The molecule has 0 bridgehead atoms. The minimum Gasteiger partial charge on any atom is -0.867 e. The van der Waals surface area contributed by atoms with E-state index in [-0.39, 0.29) is 0 Å². The molecule has 16 nitrogen and oxygen atoms in total. The van der Waals surface area contributed by atoms with Crippen molar-refractivity contribution in [2.75, 3.05) is 0 Å². The van der Waals surface area contributed by atoms with Crippen molar-refractivity contribution in [3.05, 3.63) is 234 Å². The van der Waals surface area contributed by atoms with Gasteiger partial charge in [0, 0.05) is 97.1 Å². The Hall–Kier alpha value is -7.14. The average Bonchev–Trinajstić information content (AvgIpc) is 3.26. The predicted molar refractivity (Wildman–Crippen MR) is 326 cm³/mol. The molecule has 8 heterocycles.